The molecule has 0 unspecified atom stereocenters. The molecule has 0 aliphatic carbocycles. The Morgan fingerprint density at radius 2 is 1.95 bits per heavy atom. The molecule has 5 nitrogen and oxygen atoms in total. The number of rotatable bonds is 3. The number of hydrogen-bond donors (Lipinski definition) is 2. The number of aromatic nitrogens is 2. The molecule has 0 spiro atoms. The molecule has 0 bridgehead atoms. The van der Waals surface area contributed by atoms with E-state index in [1.165, 1.54) is 23.9 Å². The molecule has 3 N–H and O–H groups in total. The van der Waals surface area contributed by atoms with Gasteiger partial charge in [-0.3, -0.25) is 10.2 Å². The lowest BCUT2D eigenvalue weighted by Crippen LogP contribution is -2.42. The molecule has 0 fully saturated rings. The molecule has 0 radical (unpaired) electrons. The number of hydrogen-bond acceptors (Lipinski definition) is 4. The maximum atomic E-state index is 13.8. The van der Waals surface area contributed by atoms with E-state index in [2.05, 4.69) is 25.9 Å². The Morgan fingerprint density at radius 1 is 1.30 bits per heavy atom. The van der Waals surface area contributed by atoms with Gasteiger partial charge in [-0.2, -0.15) is 8.78 Å². The van der Waals surface area contributed by atoms with Crippen LogP contribution in [0.2, 0.25) is 0 Å². The fraction of sp³-hybridized carbons (Fsp3) is 0.0833. The monoisotopic (exact) mass is 342 g/mol. The van der Waals surface area contributed by atoms with Crippen LogP contribution in [-0.2, 0) is 10.7 Å². The van der Waals surface area contributed by atoms with E-state index in [9.17, 15) is 13.6 Å². The molecule has 20 heavy (non-hydrogen) atoms. The summed E-state index contributed by atoms with van der Waals surface area (Å²) in [5.74, 6) is -0.271. The third-order valence-electron chi connectivity index (χ3n) is 2.52. The van der Waals surface area contributed by atoms with Gasteiger partial charge in [-0.05, 0) is 22.0 Å². The second-order valence-electron chi connectivity index (χ2n) is 3.85. The van der Waals surface area contributed by atoms with Crippen LogP contribution >= 0.6 is 15.9 Å². The number of nitrogens with two attached hydrogens (primary N) is 1. The van der Waals surface area contributed by atoms with Crippen LogP contribution in [0.3, 0.4) is 0 Å². The molecule has 8 heteroatoms. The summed E-state index contributed by atoms with van der Waals surface area (Å²) >= 11 is 3.18. The summed E-state index contributed by atoms with van der Waals surface area (Å²) in [4.78, 5) is 19.1. The summed E-state index contributed by atoms with van der Waals surface area (Å²) < 4.78 is 28.2. The van der Waals surface area contributed by atoms with Crippen molar-refractivity contribution in [1.29, 1.82) is 0 Å². The van der Waals surface area contributed by atoms with E-state index >= 15 is 0 Å². The van der Waals surface area contributed by atoms with E-state index in [0.29, 0.717) is 10.0 Å². The lowest BCUT2D eigenvalue weighted by Gasteiger charge is -2.15. The highest BCUT2D eigenvalue weighted by atomic mass is 79.9. The van der Waals surface area contributed by atoms with Gasteiger partial charge in [-0.25, -0.2) is 15.8 Å². The second-order valence-corrected chi connectivity index (χ2v) is 4.77. The quantitative estimate of drug-likeness (QED) is 0.507. The third-order valence-corrected chi connectivity index (χ3v) is 2.93. The molecule has 0 saturated carbocycles. The Bertz CT molecular complexity index is 634. The number of alkyl halides is 2. The van der Waals surface area contributed by atoms with Crippen molar-refractivity contribution in [3.05, 3.63) is 46.7 Å². The largest absolute Gasteiger partial charge is 0.351 e. The molecular weight excluding hydrogens is 334 g/mol. The lowest BCUT2D eigenvalue weighted by atomic mass is 10.0. The first-order valence-corrected chi connectivity index (χ1v) is 6.22. The first-order chi connectivity index (χ1) is 9.45. The number of nitrogens with zero attached hydrogens (tertiary/aromatic N) is 2. The number of carbonyl (C=O) groups is 1. The van der Waals surface area contributed by atoms with Crippen LogP contribution in [0.1, 0.15) is 5.56 Å². The SMILES string of the molecule is NNC(=O)C(F)(F)c1cccc(-c2ncc(Br)cn2)c1. The number of amides is 1. The molecule has 0 aliphatic rings. The van der Waals surface area contributed by atoms with Gasteiger partial charge in [-0.15, -0.1) is 0 Å². The summed E-state index contributed by atoms with van der Waals surface area (Å²) in [6.07, 6.45) is 3.00. The standard InChI is InChI=1S/C12H9BrF2N4O/c13-9-5-17-10(18-6-9)7-2-1-3-8(4-7)12(14,15)11(20)19-16/h1-6H,16H2,(H,19,20). The smallest absolute Gasteiger partial charge is 0.289 e. The van der Waals surface area contributed by atoms with Crippen LogP contribution in [0.15, 0.2) is 41.1 Å². The molecule has 1 heterocycles. The maximum Gasteiger partial charge on any atom is 0.351 e. The summed E-state index contributed by atoms with van der Waals surface area (Å²) in [6.45, 7) is 0. The summed E-state index contributed by atoms with van der Waals surface area (Å²) in [6, 6.07) is 5.26. The highest BCUT2D eigenvalue weighted by Gasteiger charge is 2.40. The fourth-order valence-corrected chi connectivity index (χ4v) is 1.74. The van der Waals surface area contributed by atoms with E-state index in [-0.39, 0.29) is 5.82 Å². The van der Waals surface area contributed by atoms with Crippen LogP contribution in [0.25, 0.3) is 11.4 Å². The Kier molecular flexibility index (Phi) is 4.05. The van der Waals surface area contributed by atoms with Crippen molar-refractivity contribution >= 4 is 21.8 Å². The van der Waals surface area contributed by atoms with Crippen molar-refractivity contribution in [1.82, 2.24) is 15.4 Å². The van der Waals surface area contributed by atoms with Crippen molar-refractivity contribution in [3.63, 3.8) is 0 Å². The molecule has 104 valence electrons. The predicted octanol–water partition coefficient (Wildman–Crippen LogP) is 1.99. The van der Waals surface area contributed by atoms with Crippen molar-refractivity contribution in [3.8, 4) is 11.4 Å². The highest BCUT2D eigenvalue weighted by molar-refractivity contribution is 9.10. The van der Waals surface area contributed by atoms with E-state index in [1.807, 2.05) is 0 Å². The third kappa shape index (κ3) is 2.81. The molecule has 0 aliphatic heterocycles. The van der Waals surface area contributed by atoms with Gasteiger partial charge in [0.2, 0.25) is 0 Å². The molecular formula is C12H9BrF2N4O. The maximum absolute atomic E-state index is 13.8. The predicted molar refractivity (Wildman–Crippen MR) is 71.4 cm³/mol. The summed E-state index contributed by atoms with van der Waals surface area (Å²) in [7, 11) is 0. The number of benzene rings is 1. The number of halogens is 3. The van der Waals surface area contributed by atoms with Crippen LogP contribution in [0, 0.1) is 0 Å². The van der Waals surface area contributed by atoms with Crippen LogP contribution < -0.4 is 11.3 Å². The zero-order chi connectivity index (χ0) is 14.8. The minimum absolute atomic E-state index is 0.277. The van der Waals surface area contributed by atoms with Gasteiger partial charge < -0.3 is 0 Å². The van der Waals surface area contributed by atoms with Crippen molar-refractivity contribution < 1.29 is 13.6 Å². The first-order valence-electron chi connectivity index (χ1n) is 5.42. The summed E-state index contributed by atoms with van der Waals surface area (Å²) in [5.41, 5.74) is 1.34. The average Bonchev–Trinajstić information content (AvgIpc) is 2.47. The molecule has 2 aromatic rings. The van der Waals surface area contributed by atoms with E-state index in [1.54, 1.807) is 6.07 Å². The molecule has 2 rings (SSSR count). The van der Waals surface area contributed by atoms with Gasteiger partial charge in [0, 0.05) is 23.5 Å². The van der Waals surface area contributed by atoms with Gasteiger partial charge in [0.25, 0.3) is 0 Å². The number of hydrazine groups is 1. The van der Waals surface area contributed by atoms with Crippen LogP contribution in [0.4, 0.5) is 8.78 Å². The lowest BCUT2D eigenvalue weighted by molar-refractivity contribution is -0.147. The highest BCUT2D eigenvalue weighted by Crippen LogP contribution is 2.30. The Morgan fingerprint density at radius 3 is 2.55 bits per heavy atom. The summed E-state index contributed by atoms with van der Waals surface area (Å²) in [5, 5.41) is 0. The zero-order valence-electron chi connectivity index (χ0n) is 9.98. The van der Waals surface area contributed by atoms with Gasteiger partial charge in [-0.1, -0.05) is 18.2 Å². The fourth-order valence-electron chi connectivity index (χ4n) is 1.54. The number of nitrogens with one attached hydrogen (secondary N) is 1. The van der Waals surface area contributed by atoms with Gasteiger partial charge >= 0.3 is 11.8 Å². The van der Waals surface area contributed by atoms with E-state index in [0.717, 1.165) is 12.1 Å². The normalized spacial score (nSPS) is 11.2. The van der Waals surface area contributed by atoms with Gasteiger partial charge in [0.15, 0.2) is 5.82 Å². The Hall–Kier alpha value is -1.93. The minimum Gasteiger partial charge on any atom is -0.289 e. The molecule has 1 aromatic carbocycles. The second kappa shape index (κ2) is 5.59. The minimum atomic E-state index is -3.72. The van der Waals surface area contributed by atoms with Crippen LogP contribution in [-0.4, -0.2) is 15.9 Å². The number of carbonyl (C=O) groups excluding carboxylic acids is 1. The molecule has 0 atom stereocenters. The van der Waals surface area contributed by atoms with Gasteiger partial charge in [0.1, 0.15) is 0 Å². The van der Waals surface area contributed by atoms with E-state index < -0.39 is 17.4 Å². The Labute approximate surface area is 121 Å². The average molecular weight is 343 g/mol. The Balaban J connectivity index is 2.42. The zero-order valence-corrected chi connectivity index (χ0v) is 11.6. The topological polar surface area (TPSA) is 80.9 Å². The van der Waals surface area contributed by atoms with Crippen LogP contribution in [0.5, 0.6) is 0 Å². The van der Waals surface area contributed by atoms with E-state index in [4.69, 9.17) is 5.84 Å². The van der Waals surface area contributed by atoms with Crippen molar-refractivity contribution in [2.75, 3.05) is 0 Å². The van der Waals surface area contributed by atoms with Gasteiger partial charge in [0.05, 0.1) is 4.47 Å². The van der Waals surface area contributed by atoms with Crippen molar-refractivity contribution in [2.24, 2.45) is 5.84 Å². The molecule has 0 saturated heterocycles. The first kappa shape index (κ1) is 14.5. The van der Waals surface area contributed by atoms with Crippen molar-refractivity contribution in [2.45, 2.75) is 5.92 Å². The molecule has 1 amide bonds. The molecule has 1 aromatic heterocycles.